The molecule has 0 fully saturated rings. The van der Waals surface area contributed by atoms with Crippen LogP contribution >= 0.6 is 0 Å². The zero-order valence-corrected chi connectivity index (χ0v) is 31.3. The maximum Gasteiger partial charge on any atom is 2.00 e. The molecule has 0 aliphatic carbocycles. The van der Waals surface area contributed by atoms with Crippen LogP contribution in [0, 0.1) is 19.0 Å². The third-order valence-electron chi connectivity index (χ3n) is 8.87. The van der Waals surface area contributed by atoms with Crippen LogP contribution in [0.2, 0.25) is 0 Å². The van der Waals surface area contributed by atoms with Crippen molar-refractivity contribution in [1.82, 2.24) is 23.7 Å². The number of para-hydroxylation sites is 2. The Labute approximate surface area is 323 Å². The number of hydrogen-bond donors (Lipinski definition) is 0. The van der Waals surface area contributed by atoms with Gasteiger partial charge in [0.2, 0.25) is 5.69 Å². The molecule has 1 aliphatic heterocycles. The van der Waals surface area contributed by atoms with Gasteiger partial charge in [0.15, 0.2) is 0 Å². The van der Waals surface area contributed by atoms with E-state index in [4.69, 9.17) is 19.3 Å². The van der Waals surface area contributed by atoms with Crippen molar-refractivity contribution in [3.8, 4) is 17.3 Å². The standard InChI is InChI=1S/C44H39N5O.Pt/c1-29-12-14-32(15-13-29)47-28-48(40-11-9-8-10-39(40)47)33-22-31(44(5,6)7)23-35(25-33)50-34-16-17-36-37-27-45-20-19-38(37)49(41(36)26-34)42-24-30(18-21-46-42)43(2,3)4;/h8-24,27H,1-7H3;/q;+2/i1D3,8D,9D,10D,11D;. The normalized spacial score (nSPS) is 15.0. The maximum absolute atomic E-state index is 9.00. The van der Waals surface area contributed by atoms with Gasteiger partial charge in [-0.2, -0.15) is 6.07 Å². The summed E-state index contributed by atoms with van der Waals surface area (Å²) in [5, 5.41) is 1.88. The van der Waals surface area contributed by atoms with Crippen molar-refractivity contribution in [2.75, 3.05) is 0 Å². The average molecular weight is 856 g/mol. The van der Waals surface area contributed by atoms with Gasteiger partial charge in [-0.05, 0) is 51.4 Å². The summed E-state index contributed by atoms with van der Waals surface area (Å²) in [6, 6.07) is 28.6. The van der Waals surface area contributed by atoms with Crippen LogP contribution in [0.3, 0.4) is 0 Å². The van der Waals surface area contributed by atoms with Gasteiger partial charge in [0.1, 0.15) is 11.5 Å². The summed E-state index contributed by atoms with van der Waals surface area (Å²) >= 11 is 0. The van der Waals surface area contributed by atoms with E-state index in [0.717, 1.165) is 38.8 Å². The molecule has 7 aromatic rings. The fraction of sp³-hybridized carbons (Fsp3) is 0.205. The first-order valence-electron chi connectivity index (χ1n) is 19.9. The molecular weight excluding hydrogens is 810 g/mol. The van der Waals surface area contributed by atoms with Crippen molar-refractivity contribution in [2.45, 2.75) is 59.2 Å². The summed E-state index contributed by atoms with van der Waals surface area (Å²) in [4.78, 5) is 9.18. The second-order valence-electron chi connectivity index (χ2n) is 14.5. The fourth-order valence-corrected chi connectivity index (χ4v) is 6.12. The summed E-state index contributed by atoms with van der Waals surface area (Å²) in [6.45, 7) is 10.4. The molecular formula is C44H39N5OPt+2. The van der Waals surface area contributed by atoms with Crippen LogP contribution in [0.25, 0.3) is 27.6 Å². The Morgan fingerprint density at radius 3 is 2.25 bits per heavy atom. The molecule has 0 spiro atoms. The molecule has 6 nitrogen and oxygen atoms in total. The predicted octanol–water partition coefficient (Wildman–Crippen LogP) is 10.7. The minimum atomic E-state index is -2.31. The van der Waals surface area contributed by atoms with Gasteiger partial charge in [0.25, 0.3) is 11.4 Å². The van der Waals surface area contributed by atoms with Crippen LogP contribution in [0.15, 0.2) is 109 Å². The van der Waals surface area contributed by atoms with Crippen LogP contribution < -0.4 is 13.9 Å². The van der Waals surface area contributed by atoms with Crippen molar-refractivity contribution in [1.29, 1.82) is 0 Å². The second kappa shape index (κ2) is 12.9. The molecule has 51 heavy (non-hydrogen) atoms. The van der Waals surface area contributed by atoms with Crippen LogP contribution in [-0.2, 0) is 31.9 Å². The molecule has 0 N–H and O–H groups in total. The molecule has 3 aromatic heterocycles. The van der Waals surface area contributed by atoms with Gasteiger partial charge in [-0.1, -0.05) is 93.5 Å². The molecule has 7 heteroatoms. The van der Waals surface area contributed by atoms with Crippen LogP contribution in [-0.4, -0.2) is 20.5 Å². The van der Waals surface area contributed by atoms with E-state index < -0.39 is 18.9 Å². The summed E-state index contributed by atoms with van der Waals surface area (Å²) < 4.78 is 70.1. The van der Waals surface area contributed by atoms with Crippen LogP contribution in [0.5, 0.6) is 11.5 Å². The van der Waals surface area contributed by atoms with Gasteiger partial charge in [-0.15, -0.1) is 29.1 Å². The number of ether oxygens (including phenoxy) is 1. The molecule has 0 saturated carbocycles. The number of pyridine rings is 2. The zero-order chi connectivity index (χ0) is 40.8. The fourth-order valence-electron chi connectivity index (χ4n) is 6.12. The van der Waals surface area contributed by atoms with E-state index in [1.54, 1.807) is 22.9 Å². The minimum absolute atomic E-state index is 0. The predicted molar refractivity (Wildman–Crippen MR) is 203 cm³/mol. The number of hydrogen-bond acceptors (Lipinski definition) is 3. The summed E-state index contributed by atoms with van der Waals surface area (Å²) in [5.41, 5.74) is 4.61. The van der Waals surface area contributed by atoms with E-state index in [0.29, 0.717) is 22.9 Å². The maximum atomic E-state index is 9.00. The van der Waals surface area contributed by atoms with Gasteiger partial charge >= 0.3 is 27.1 Å². The molecule has 0 unspecified atom stereocenters. The molecule has 0 amide bonds. The first kappa shape index (κ1) is 26.6. The second-order valence-corrected chi connectivity index (χ2v) is 14.5. The number of aromatic nitrogens is 3. The number of benzene rings is 4. The van der Waals surface area contributed by atoms with Crippen LogP contribution in [0.4, 0.5) is 22.7 Å². The van der Waals surface area contributed by atoms with Crippen molar-refractivity contribution in [3.05, 3.63) is 138 Å². The van der Waals surface area contributed by atoms with Gasteiger partial charge in [-0.3, -0.25) is 4.98 Å². The van der Waals surface area contributed by atoms with Crippen LogP contribution in [0.1, 0.15) is 67.8 Å². The van der Waals surface area contributed by atoms with E-state index >= 15 is 0 Å². The first-order chi connectivity index (χ1) is 26.8. The Hall–Kier alpha value is -5.15. The van der Waals surface area contributed by atoms with E-state index in [9.17, 15) is 0 Å². The number of rotatable bonds is 5. The van der Waals surface area contributed by atoms with Gasteiger partial charge in [-0.25, -0.2) is 4.98 Å². The molecule has 4 aromatic carbocycles. The monoisotopic (exact) mass is 855 g/mol. The quantitative estimate of drug-likeness (QED) is 0.128. The third-order valence-corrected chi connectivity index (χ3v) is 8.87. The summed E-state index contributed by atoms with van der Waals surface area (Å²) in [7, 11) is 0. The minimum Gasteiger partial charge on any atom is -0.509 e. The molecule has 0 radical (unpaired) electrons. The molecule has 254 valence electrons. The first-order valence-corrected chi connectivity index (χ1v) is 16.4. The Morgan fingerprint density at radius 2 is 1.53 bits per heavy atom. The smallest absolute Gasteiger partial charge is 0.509 e. The number of aryl methyl sites for hydroxylation is 1. The molecule has 8 rings (SSSR count). The van der Waals surface area contributed by atoms with E-state index in [1.165, 1.54) is 16.7 Å². The molecule has 0 saturated heterocycles. The Balaban J connectivity index is 0.00000512. The summed E-state index contributed by atoms with van der Waals surface area (Å²) in [5.74, 6) is 1.52. The largest absolute Gasteiger partial charge is 2.00 e. The van der Waals surface area contributed by atoms with Gasteiger partial charge < -0.3 is 9.30 Å². The Bertz CT molecular complexity index is 2870. The third kappa shape index (κ3) is 6.35. The van der Waals surface area contributed by atoms with E-state index in [-0.39, 0.29) is 60.9 Å². The Morgan fingerprint density at radius 1 is 0.784 bits per heavy atom. The van der Waals surface area contributed by atoms with Gasteiger partial charge in [0, 0.05) is 63.9 Å². The molecule has 1 aliphatic rings. The molecule has 0 bridgehead atoms. The van der Waals surface area contributed by atoms with Crippen molar-refractivity contribution in [3.63, 3.8) is 0 Å². The van der Waals surface area contributed by atoms with E-state index in [1.807, 2.05) is 48.8 Å². The summed E-state index contributed by atoms with van der Waals surface area (Å²) in [6.07, 6.45) is 5.42. The van der Waals surface area contributed by atoms with E-state index in [2.05, 4.69) is 75.3 Å². The molecule has 0 atom stereocenters. The number of fused-ring (bicyclic) bond motifs is 4. The zero-order valence-electron chi connectivity index (χ0n) is 36.0. The van der Waals surface area contributed by atoms with Gasteiger partial charge in [0.05, 0.1) is 5.48 Å². The Kier molecular flexibility index (Phi) is 6.72. The average Bonchev–Trinajstić information content (AvgIpc) is 3.72. The topological polar surface area (TPSA) is 46.0 Å². The van der Waals surface area contributed by atoms with Crippen molar-refractivity contribution >= 4 is 50.6 Å². The van der Waals surface area contributed by atoms with Crippen molar-refractivity contribution < 1.29 is 35.4 Å². The number of nitrogens with zero attached hydrogens (tertiary/aromatic N) is 5. The van der Waals surface area contributed by atoms with Crippen molar-refractivity contribution in [2.24, 2.45) is 0 Å². The SMILES string of the molecule is [2H]c1c([2H])c([2H])c2c(c1[2H])[N+](c1[c-]c(Oc3[c-]c4c(cc3)c3cnccc3n4-c3cc(C(C)(C)C)ccn3)cc(C(C)(C)C)c1)=C=[N+]2c1ccc(C([2H])([2H])[2H])cc1.[Pt+2]. The molecule has 4 heterocycles.